The van der Waals surface area contributed by atoms with E-state index in [4.69, 9.17) is 5.11 Å². The number of para-hydroxylation sites is 1. The lowest BCUT2D eigenvalue weighted by Crippen LogP contribution is -2.49. The average Bonchev–Trinajstić information content (AvgIpc) is 2.50. The molecule has 1 saturated heterocycles. The minimum absolute atomic E-state index is 0.0344. The second kappa shape index (κ2) is 8.38. The summed E-state index contributed by atoms with van der Waals surface area (Å²) >= 11 is 1.63. The molecule has 0 saturated carbocycles. The van der Waals surface area contributed by atoms with Gasteiger partial charge in [0.05, 0.1) is 18.8 Å². The molecule has 0 spiro atoms. The standard InChI is InChI=1S/C15H23N3O2S/c1-21-14-5-3-2-4-13(14)16-15(20)12-18-8-6-17(7-9-18)10-11-19/h2-5,19H,6-12H2,1H3,(H,16,20). The fourth-order valence-electron chi connectivity index (χ4n) is 2.45. The van der Waals surface area contributed by atoms with Crippen LogP contribution in [0.1, 0.15) is 0 Å². The summed E-state index contributed by atoms with van der Waals surface area (Å²) in [6, 6.07) is 7.85. The molecule has 1 amide bonds. The number of carbonyl (C=O) groups is 1. The van der Waals surface area contributed by atoms with Crippen LogP contribution in [-0.4, -0.2) is 72.9 Å². The molecule has 1 aromatic carbocycles. The maximum atomic E-state index is 12.1. The number of anilines is 1. The third kappa shape index (κ3) is 5.00. The first-order valence-corrected chi connectivity index (χ1v) is 8.44. The first-order valence-electron chi connectivity index (χ1n) is 7.21. The highest BCUT2D eigenvalue weighted by atomic mass is 32.2. The summed E-state index contributed by atoms with van der Waals surface area (Å²) in [6.07, 6.45) is 2.01. The van der Waals surface area contributed by atoms with Gasteiger partial charge in [-0.05, 0) is 18.4 Å². The van der Waals surface area contributed by atoms with Crippen LogP contribution in [0, 0.1) is 0 Å². The Morgan fingerprint density at radius 1 is 1.24 bits per heavy atom. The van der Waals surface area contributed by atoms with Gasteiger partial charge in [0.2, 0.25) is 5.91 Å². The van der Waals surface area contributed by atoms with E-state index in [1.807, 2.05) is 30.5 Å². The van der Waals surface area contributed by atoms with Crippen LogP contribution in [0.5, 0.6) is 0 Å². The molecule has 1 aliphatic heterocycles. The van der Waals surface area contributed by atoms with Gasteiger partial charge in [-0.2, -0.15) is 0 Å². The highest BCUT2D eigenvalue weighted by Crippen LogP contribution is 2.24. The number of thioether (sulfide) groups is 1. The molecule has 2 rings (SSSR count). The van der Waals surface area contributed by atoms with Crippen LogP contribution in [0.3, 0.4) is 0 Å². The Morgan fingerprint density at radius 2 is 1.90 bits per heavy atom. The molecule has 0 radical (unpaired) electrons. The number of carbonyl (C=O) groups excluding carboxylic acids is 1. The average molecular weight is 309 g/mol. The third-order valence-electron chi connectivity index (χ3n) is 3.63. The summed E-state index contributed by atoms with van der Waals surface area (Å²) in [4.78, 5) is 17.6. The monoisotopic (exact) mass is 309 g/mol. The molecule has 1 heterocycles. The van der Waals surface area contributed by atoms with Crippen molar-refractivity contribution in [2.45, 2.75) is 4.90 Å². The summed E-state index contributed by atoms with van der Waals surface area (Å²) in [6.45, 7) is 4.92. The second-order valence-electron chi connectivity index (χ2n) is 5.09. The van der Waals surface area contributed by atoms with Crippen molar-refractivity contribution < 1.29 is 9.90 Å². The zero-order chi connectivity index (χ0) is 15.1. The van der Waals surface area contributed by atoms with Gasteiger partial charge in [-0.25, -0.2) is 0 Å². The second-order valence-corrected chi connectivity index (χ2v) is 5.94. The molecule has 0 aromatic heterocycles. The molecule has 1 aromatic rings. The molecular formula is C15H23N3O2S. The number of piperazine rings is 1. The highest BCUT2D eigenvalue weighted by Gasteiger charge is 2.18. The van der Waals surface area contributed by atoms with Crippen LogP contribution in [0.4, 0.5) is 5.69 Å². The largest absolute Gasteiger partial charge is 0.395 e. The van der Waals surface area contributed by atoms with E-state index >= 15 is 0 Å². The number of nitrogens with zero attached hydrogens (tertiary/aromatic N) is 2. The van der Waals surface area contributed by atoms with Crippen LogP contribution in [0.25, 0.3) is 0 Å². The minimum atomic E-state index is 0.0344. The van der Waals surface area contributed by atoms with Crippen molar-refractivity contribution in [3.05, 3.63) is 24.3 Å². The molecule has 0 unspecified atom stereocenters. The summed E-state index contributed by atoms with van der Waals surface area (Å²) in [5.74, 6) is 0.0344. The van der Waals surface area contributed by atoms with Gasteiger partial charge in [0.25, 0.3) is 0 Å². The van der Waals surface area contributed by atoms with Gasteiger partial charge in [-0.15, -0.1) is 11.8 Å². The molecular weight excluding hydrogens is 286 g/mol. The number of rotatable bonds is 6. The van der Waals surface area contributed by atoms with E-state index in [9.17, 15) is 4.79 Å². The summed E-state index contributed by atoms with van der Waals surface area (Å²) in [5, 5.41) is 11.9. The molecule has 0 atom stereocenters. The van der Waals surface area contributed by atoms with Crippen molar-refractivity contribution in [2.24, 2.45) is 0 Å². The highest BCUT2D eigenvalue weighted by molar-refractivity contribution is 7.98. The number of hydrogen-bond acceptors (Lipinski definition) is 5. The summed E-state index contributed by atoms with van der Waals surface area (Å²) in [5.41, 5.74) is 0.883. The predicted molar refractivity (Wildman–Crippen MR) is 86.8 cm³/mol. The zero-order valence-corrected chi connectivity index (χ0v) is 13.2. The summed E-state index contributed by atoms with van der Waals surface area (Å²) in [7, 11) is 0. The fraction of sp³-hybridized carbons (Fsp3) is 0.533. The van der Waals surface area contributed by atoms with Crippen molar-refractivity contribution in [2.75, 3.05) is 57.4 Å². The van der Waals surface area contributed by atoms with Gasteiger partial charge in [0.15, 0.2) is 0 Å². The number of amides is 1. The van der Waals surface area contributed by atoms with Crippen LogP contribution < -0.4 is 5.32 Å². The lowest BCUT2D eigenvalue weighted by molar-refractivity contribution is -0.117. The van der Waals surface area contributed by atoms with Gasteiger partial charge >= 0.3 is 0 Å². The minimum Gasteiger partial charge on any atom is -0.395 e. The van der Waals surface area contributed by atoms with Crippen LogP contribution in [0.2, 0.25) is 0 Å². The number of benzene rings is 1. The molecule has 116 valence electrons. The molecule has 0 aliphatic carbocycles. The maximum Gasteiger partial charge on any atom is 0.238 e. The Bertz CT molecular complexity index is 462. The number of aliphatic hydroxyl groups excluding tert-OH is 1. The molecule has 2 N–H and O–H groups in total. The van der Waals surface area contributed by atoms with Crippen LogP contribution >= 0.6 is 11.8 Å². The lowest BCUT2D eigenvalue weighted by atomic mass is 10.3. The quantitative estimate of drug-likeness (QED) is 0.767. The van der Waals surface area contributed by atoms with Gasteiger partial charge in [-0.3, -0.25) is 14.6 Å². The van der Waals surface area contributed by atoms with E-state index in [2.05, 4.69) is 15.1 Å². The Labute approximate surface area is 130 Å². The van der Waals surface area contributed by atoms with Gasteiger partial charge in [0, 0.05) is 37.6 Å². The van der Waals surface area contributed by atoms with E-state index in [-0.39, 0.29) is 12.5 Å². The fourth-order valence-corrected chi connectivity index (χ4v) is 3.01. The molecule has 5 nitrogen and oxygen atoms in total. The number of β-amino-alcohol motifs (C(OH)–C–C–N with tert-alkyl or cyclic N) is 1. The molecule has 6 heteroatoms. The first kappa shape index (κ1) is 16.3. The van der Waals surface area contributed by atoms with E-state index in [1.54, 1.807) is 11.8 Å². The lowest BCUT2D eigenvalue weighted by Gasteiger charge is -2.33. The van der Waals surface area contributed by atoms with Crippen molar-refractivity contribution >= 4 is 23.4 Å². The Hall–Kier alpha value is -1.08. The SMILES string of the molecule is CSc1ccccc1NC(=O)CN1CCN(CCO)CC1. The molecule has 1 aliphatic rings. The van der Waals surface area contributed by atoms with Gasteiger partial charge < -0.3 is 10.4 Å². The molecule has 21 heavy (non-hydrogen) atoms. The normalized spacial score (nSPS) is 16.9. The van der Waals surface area contributed by atoms with E-state index in [0.717, 1.165) is 43.3 Å². The van der Waals surface area contributed by atoms with Crippen molar-refractivity contribution in [3.8, 4) is 0 Å². The van der Waals surface area contributed by atoms with Crippen LogP contribution in [-0.2, 0) is 4.79 Å². The van der Waals surface area contributed by atoms with Crippen molar-refractivity contribution in [1.82, 2.24) is 9.80 Å². The number of nitrogens with one attached hydrogen (secondary N) is 1. The van der Waals surface area contributed by atoms with Gasteiger partial charge in [-0.1, -0.05) is 12.1 Å². The Morgan fingerprint density at radius 3 is 2.57 bits per heavy atom. The first-order chi connectivity index (χ1) is 10.2. The predicted octanol–water partition coefficient (Wildman–Crippen LogP) is 0.957. The van der Waals surface area contributed by atoms with E-state index in [0.29, 0.717) is 6.54 Å². The topological polar surface area (TPSA) is 55.8 Å². The van der Waals surface area contributed by atoms with Crippen molar-refractivity contribution in [3.63, 3.8) is 0 Å². The third-order valence-corrected chi connectivity index (χ3v) is 4.43. The Kier molecular flexibility index (Phi) is 6.50. The maximum absolute atomic E-state index is 12.1. The van der Waals surface area contributed by atoms with Gasteiger partial charge in [0.1, 0.15) is 0 Å². The summed E-state index contributed by atoms with van der Waals surface area (Å²) < 4.78 is 0. The Balaban J connectivity index is 1.80. The van der Waals surface area contributed by atoms with E-state index < -0.39 is 0 Å². The molecule has 0 bridgehead atoms. The van der Waals surface area contributed by atoms with Crippen molar-refractivity contribution in [1.29, 1.82) is 0 Å². The number of hydrogen-bond donors (Lipinski definition) is 2. The number of aliphatic hydroxyl groups is 1. The van der Waals surface area contributed by atoms with E-state index in [1.165, 1.54) is 0 Å². The molecule has 1 fully saturated rings. The van der Waals surface area contributed by atoms with Crippen LogP contribution in [0.15, 0.2) is 29.2 Å². The zero-order valence-electron chi connectivity index (χ0n) is 12.4. The smallest absolute Gasteiger partial charge is 0.238 e.